The Balaban J connectivity index is 2.12. The zero-order valence-corrected chi connectivity index (χ0v) is 11.0. The summed E-state index contributed by atoms with van der Waals surface area (Å²) in [7, 11) is 0. The van der Waals surface area contributed by atoms with E-state index in [4.69, 9.17) is 21.8 Å². The summed E-state index contributed by atoms with van der Waals surface area (Å²) in [6, 6.07) is 10.8. The molecule has 20 heavy (non-hydrogen) atoms. The van der Waals surface area contributed by atoms with Crippen LogP contribution in [0.4, 0.5) is 5.69 Å². The topological polar surface area (TPSA) is 81.9 Å². The van der Waals surface area contributed by atoms with Crippen LogP contribution in [-0.2, 0) is 0 Å². The summed E-state index contributed by atoms with van der Waals surface area (Å²) in [6.45, 7) is 0. The Bertz CT molecular complexity index is 654. The maximum Gasteiger partial charge on any atom is 0.335 e. The number of anilines is 1. The molecular formula is C14H11ClN2O3. The summed E-state index contributed by atoms with van der Waals surface area (Å²) in [5.41, 5.74) is 3.99. The Morgan fingerprint density at radius 3 is 2.55 bits per heavy atom. The van der Waals surface area contributed by atoms with Gasteiger partial charge in [-0.1, -0.05) is 11.6 Å². The highest BCUT2D eigenvalue weighted by molar-refractivity contribution is 6.33. The molecule has 3 N–H and O–H groups in total. The van der Waals surface area contributed by atoms with Gasteiger partial charge in [0, 0.05) is 0 Å². The monoisotopic (exact) mass is 290 g/mol. The van der Waals surface area contributed by atoms with Gasteiger partial charge in [-0.3, -0.25) is 5.43 Å². The molecule has 0 atom stereocenters. The van der Waals surface area contributed by atoms with Gasteiger partial charge in [0.25, 0.3) is 0 Å². The first kappa shape index (κ1) is 13.9. The zero-order valence-electron chi connectivity index (χ0n) is 10.2. The Kier molecular flexibility index (Phi) is 4.22. The lowest BCUT2D eigenvalue weighted by atomic mass is 10.2. The number of benzene rings is 2. The van der Waals surface area contributed by atoms with Crippen molar-refractivity contribution in [2.45, 2.75) is 0 Å². The summed E-state index contributed by atoms with van der Waals surface area (Å²) in [6.07, 6.45) is 1.53. The van der Waals surface area contributed by atoms with Gasteiger partial charge < -0.3 is 10.2 Å². The summed E-state index contributed by atoms with van der Waals surface area (Å²) in [5.74, 6) is -0.862. The molecule has 0 amide bonds. The molecule has 0 heterocycles. The minimum atomic E-state index is -1.03. The molecule has 102 valence electrons. The van der Waals surface area contributed by atoms with Crippen LogP contribution in [0.15, 0.2) is 47.6 Å². The maximum atomic E-state index is 10.9. The minimum Gasteiger partial charge on any atom is -0.508 e. The molecule has 0 aliphatic carbocycles. The number of carboxylic acids is 1. The number of carbonyl (C=O) groups is 1. The van der Waals surface area contributed by atoms with Crippen LogP contribution >= 0.6 is 11.6 Å². The molecule has 0 aliphatic heterocycles. The molecule has 0 spiro atoms. The molecule has 0 radical (unpaired) electrons. The highest BCUT2D eigenvalue weighted by atomic mass is 35.5. The number of nitrogens with one attached hydrogen (secondary N) is 1. The van der Waals surface area contributed by atoms with Crippen LogP contribution in [0.2, 0.25) is 5.02 Å². The molecule has 2 rings (SSSR count). The van der Waals surface area contributed by atoms with E-state index in [0.717, 1.165) is 5.56 Å². The fourth-order valence-electron chi connectivity index (χ4n) is 1.48. The number of hydrogen-bond donors (Lipinski definition) is 3. The van der Waals surface area contributed by atoms with Crippen LogP contribution in [0.1, 0.15) is 15.9 Å². The van der Waals surface area contributed by atoms with Crippen molar-refractivity contribution >= 4 is 29.5 Å². The maximum absolute atomic E-state index is 10.9. The molecule has 6 heteroatoms. The molecule has 5 nitrogen and oxygen atoms in total. The smallest absolute Gasteiger partial charge is 0.335 e. The van der Waals surface area contributed by atoms with E-state index in [1.807, 2.05) is 0 Å². The van der Waals surface area contributed by atoms with E-state index in [1.165, 1.54) is 24.4 Å². The van der Waals surface area contributed by atoms with E-state index in [2.05, 4.69) is 10.5 Å². The first-order valence-electron chi connectivity index (χ1n) is 5.67. The fourth-order valence-corrected chi connectivity index (χ4v) is 1.64. The van der Waals surface area contributed by atoms with E-state index in [0.29, 0.717) is 10.7 Å². The molecule has 0 unspecified atom stereocenters. The number of aromatic hydroxyl groups is 1. The number of hydrazone groups is 1. The van der Waals surface area contributed by atoms with E-state index in [1.54, 1.807) is 24.3 Å². The van der Waals surface area contributed by atoms with Gasteiger partial charge in [0.2, 0.25) is 0 Å². The lowest BCUT2D eigenvalue weighted by Gasteiger charge is -2.04. The SMILES string of the molecule is O=C(O)c1ccc(Cl)c(N/N=C/c2ccc(O)cc2)c1. The van der Waals surface area contributed by atoms with Crippen LogP contribution in [0.3, 0.4) is 0 Å². The fraction of sp³-hybridized carbons (Fsp3) is 0. The van der Waals surface area contributed by atoms with Crippen molar-refractivity contribution < 1.29 is 15.0 Å². The summed E-state index contributed by atoms with van der Waals surface area (Å²) < 4.78 is 0. The average molecular weight is 291 g/mol. The number of hydrogen-bond acceptors (Lipinski definition) is 4. The van der Waals surface area contributed by atoms with Gasteiger partial charge >= 0.3 is 5.97 Å². The lowest BCUT2D eigenvalue weighted by Crippen LogP contribution is -1.98. The minimum absolute atomic E-state index is 0.122. The Morgan fingerprint density at radius 2 is 1.90 bits per heavy atom. The van der Waals surface area contributed by atoms with Gasteiger partial charge in [0.15, 0.2) is 0 Å². The first-order chi connectivity index (χ1) is 9.56. The van der Waals surface area contributed by atoms with Crippen molar-refractivity contribution in [1.29, 1.82) is 0 Å². The second-order valence-electron chi connectivity index (χ2n) is 3.96. The second-order valence-corrected chi connectivity index (χ2v) is 4.37. The van der Waals surface area contributed by atoms with Crippen molar-refractivity contribution in [3.63, 3.8) is 0 Å². The normalized spacial score (nSPS) is 10.7. The van der Waals surface area contributed by atoms with Crippen molar-refractivity contribution in [3.05, 3.63) is 58.6 Å². The van der Waals surface area contributed by atoms with Gasteiger partial charge in [-0.15, -0.1) is 0 Å². The predicted molar refractivity (Wildman–Crippen MR) is 77.7 cm³/mol. The lowest BCUT2D eigenvalue weighted by molar-refractivity contribution is 0.0697. The summed E-state index contributed by atoms with van der Waals surface area (Å²) in [4.78, 5) is 10.9. The standard InChI is InChI=1S/C14H11ClN2O3/c15-12-6-3-10(14(19)20)7-13(12)17-16-8-9-1-4-11(18)5-2-9/h1-8,17-18H,(H,19,20)/b16-8+. The van der Waals surface area contributed by atoms with Crippen LogP contribution in [-0.4, -0.2) is 22.4 Å². The number of carboxylic acid groups (broad SMARTS) is 1. The molecule has 2 aromatic rings. The number of halogens is 1. The largest absolute Gasteiger partial charge is 0.508 e. The zero-order chi connectivity index (χ0) is 14.5. The molecule has 0 bridgehead atoms. The van der Waals surface area contributed by atoms with Crippen molar-refractivity contribution in [1.82, 2.24) is 0 Å². The second kappa shape index (κ2) is 6.08. The molecule has 0 aromatic heterocycles. The number of rotatable bonds is 4. The molecule has 0 fully saturated rings. The Labute approximate surface area is 120 Å². The summed E-state index contributed by atoms with van der Waals surface area (Å²) >= 11 is 5.94. The van der Waals surface area contributed by atoms with Crippen LogP contribution < -0.4 is 5.43 Å². The Morgan fingerprint density at radius 1 is 1.20 bits per heavy atom. The molecule has 0 saturated carbocycles. The molecule has 2 aromatic carbocycles. The third kappa shape index (κ3) is 3.49. The van der Waals surface area contributed by atoms with Gasteiger partial charge in [-0.25, -0.2) is 4.79 Å². The average Bonchev–Trinajstić information content (AvgIpc) is 2.43. The van der Waals surface area contributed by atoms with Gasteiger partial charge in [0.05, 0.1) is 22.5 Å². The highest BCUT2D eigenvalue weighted by Crippen LogP contribution is 2.23. The van der Waals surface area contributed by atoms with Crippen molar-refractivity contribution in [2.75, 3.05) is 5.43 Å². The number of phenolic OH excluding ortho intramolecular Hbond substituents is 1. The highest BCUT2D eigenvalue weighted by Gasteiger charge is 2.06. The van der Waals surface area contributed by atoms with Gasteiger partial charge in [-0.2, -0.15) is 5.10 Å². The molecule has 0 aliphatic rings. The van der Waals surface area contributed by atoms with Crippen molar-refractivity contribution in [2.24, 2.45) is 5.10 Å². The number of phenols is 1. The quantitative estimate of drug-likeness (QED) is 0.596. The molecular weight excluding hydrogens is 280 g/mol. The summed E-state index contributed by atoms with van der Waals surface area (Å²) in [5, 5.41) is 22.4. The van der Waals surface area contributed by atoms with Crippen LogP contribution in [0.5, 0.6) is 5.75 Å². The number of aromatic carboxylic acids is 1. The van der Waals surface area contributed by atoms with Crippen LogP contribution in [0, 0.1) is 0 Å². The third-order valence-electron chi connectivity index (χ3n) is 2.51. The van der Waals surface area contributed by atoms with Crippen LogP contribution in [0.25, 0.3) is 0 Å². The predicted octanol–water partition coefficient (Wildman–Crippen LogP) is 3.19. The van der Waals surface area contributed by atoms with Gasteiger partial charge in [0.1, 0.15) is 5.75 Å². The van der Waals surface area contributed by atoms with E-state index in [9.17, 15) is 4.79 Å². The van der Waals surface area contributed by atoms with E-state index >= 15 is 0 Å². The van der Waals surface area contributed by atoms with E-state index < -0.39 is 5.97 Å². The van der Waals surface area contributed by atoms with E-state index in [-0.39, 0.29) is 11.3 Å². The first-order valence-corrected chi connectivity index (χ1v) is 6.05. The third-order valence-corrected chi connectivity index (χ3v) is 2.83. The van der Waals surface area contributed by atoms with Crippen molar-refractivity contribution in [3.8, 4) is 5.75 Å². The Hall–Kier alpha value is -2.53. The number of nitrogens with zero attached hydrogens (tertiary/aromatic N) is 1. The van der Waals surface area contributed by atoms with Gasteiger partial charge in [-0.05, 0) is 48.0 Å². The molecule has 0 saturated heterocycles.